The van der Waals surface area contributed by atoms with Gasteiger partial charge in [0.25, 0.3) is 5.91 Å². The number of amides is 1. The van der Waals surface area contributed by atoms with E-state index in [1.165, 1.54) is 5.57 Å². The summed E-state index contributed by atoms with van der Waals surface area (Å²) in [5.74, 6) is -0.146. The summed E-state index contributed by atoms with van der Waals surface area (Å²) in [5.41, 5.74) is 9.75. The molecule has 3 rings (SSSR count). The van der Waals surface area contributed by atoms with E-state index in [0.29, 0.717) is 5.56 Å². The van der Waals surface area contributed by atoms with Crippen LogP contribution < -0.4 is 10.9 Å². The standard InChI is InChI=1S/C18H21N3O/c1-12-8-13(10-18(2,3)9-12)20-21-17(22)15-11-19-16-7-5-4-6-14(15)16/h4-8,10-11,19-20H,9H2,1-3H3,(H,21,22). The Hall–Kier alpha value is -2.49. The number of allylic oxidation sites excluding steroid dienone is 3. The molecule has 0 fully saturated rings. The van der Waals surface area contributed by atoms with Gasteiger partial charge in [-0.25, -0.2) is 0 Å². The van der Waals surface area contributed by atoms with Gasteiger partial charge < -0.3 is 4.98 Å². The topological polar surface area (TPSA) is 56.9 Å². The first kappa shape index (κ1) is 14.4. The Morgan fingerprint density at radius 2 is 2.05 bits per heavy atom. The van der Waals surface area contributed by atoms with E-state index in [1.807, 2.05) is 24.3 Å². The number of carbonyl (C=O) groups is 1. The summed E-state index contributed by atoms with van der Waals surface area (Å²) in [6, 6.07) is 7.77. The molecule has 1 aliphatic carbocycles. The highest BCUT2D eigenvalue weighted by Crippen LogP contribution is 2.31. The maximum absolute atomic E-state index is 12.4. The normalized spacial score (nSPS) is 16.9. The van der Waals surface area contributed by atoms with Gasteiger partial charge in [0.2, 0.25) is 0 Å². The summed E-state index contributed by atoms with van der Waals surface area (Å²) in [5, 5.41) is 0.923. The molecule has 1 heterocycles. The highest BCUT2D eigenvalue weighted by molar-refractivity contribution is 6.06. The van der Waals surface area contributed by atoms with Gasteiger partial charge >= 0.3 is 0 Å². The van der Waals surface area contributed by atoms with Crippen molar-refractivity contribution < 1.29 is 4.79 Å². The molecule has 4 heteroatoms. The van der Waals surface area contributed by atoms with Crippen LogP contribution in [0.2, 0.25) is 0 Å². The maximum Gasteiger partial charge on any atom is 0.271 e. The minimum atomic E-state index is -0.146. The number of carbonyl (C=O) groups excluding carboxylic acids is 1. The van der Waals surface area contributed by atoms with Gasteiger partial charge in [-0.05, 0) is 30.9 Å². The molecule has 0 atom stereocenters. The van der Waals surface area contributed by atoms with Gasteiger partial charge in [-0.2, -0.15) is 0 Å². The Kier molecular flexibility index (Phi) is 3.53. The predicted octanol–water partition coefficient (Wildman–Crippen LogP) is 3.66. The fourth-order valence-electron chi connectivity index (χ4n) is 3.08. The molecule has 0 saturated carbocycles. The van der Waals surface area contributed by atoms with E-state index in [4.69, 9.17) is 0 Å². The second-order valence-electron chi connectivity index (χ2n) is 6.58. The molecule has 1 aliphatic rings. The Bertz CT molecular complexity index is 780. The SMILES string of the molecule is CC1=CC(NNC(=O)c2c[nH]c3ccccc23)=CC(C)(C)C1. The van der Waals surface area contributed by atoms with E-state index in [-0.39, 0.29) is 11.3 Å². The number of aromatic nitrogens is 1. The zero-order valence-electron chi connectivity index (χ0n) is 13.2. The van der Waals surface area contributed by atoms with Crippen LogP contribution in [0.3, 0.4) is 0 Å². The summed E-state index contributed by atoms with van der Waals surface area (Å²) in [6.07, 6.45) is 6.99. The van der Waals surface area contributed by atoms with Crippen LogP contribution >= 0.6 is 0 Å². The smallest absolute Gasteiger partial charge is 0.271 e. The second kappa shape index (κ2) is 5.37. The number of para-hydroxylation sites is 1. The second-order valence-corrected chi connectivity index (χ2v) is 6.58. The number of hydrazine groups is 1. The number of hydrogen-bond donors (Lipinski definition) is 3. The molecular formula is C18H21N3O. The Balaban J connectivity index is 1.74. The van der Waals surface area contributed by atoms with Crippen LogP contribution in [0.15, 0.2) is 53.9 Å². The lowest BCUT2D eigenvalue weighted by molar-refractivity contribution is 0.0941. The van der Waals surface area contributed by atoms with Crippen LogP contribution in [0.5, 0.6) is 0 Å². The number of hydrogen-bond acceptors (Lipinski definition) is 2. The molecule has 0 radical (unpaired) electrons. The molecule has 3 N–H and O–H groups in total. The van der Waals surface area contributed by atoms with Crippen molar-refractivity contribution in [3.8, 4) is 0 Å². The molecule has 0 bridgehead atoms. The van der Waals surface area contributed by atoms with Gasteiger partial charge in [0, 0.05) is 17.1 Å². The van der Waals surface area contributed by atoms with Crippen LogP contribution in [0.25, 0.3) is 10.9 Å². The van der Waals surface area contributed by atoms with Gasteiger partial charge in [0.1, 0.15) is 0 Å². The third-order valence-corrected chi connectivity index (χ3v) is 3.84. The number of H-pyrrole nitrogens is 1. The molecule has 4 nitrogen and oxygen atoms in total. The van der Waals surface area contributed by atoms with Gasteiger partial charge in [0.05, 0.1) is 11.3 Å². The van der Waals surface area contributed by atoms with Crippen molar-refractivity contribution in [3.05, 3.63) is 59.4 Å². The first-order chi connectivity index (χ1) is 10.4. The van der Waals surface area contributed by atoms with Gasteiger partial charge in [-0.3, -0.25) is 15.6 Å². The summed E-state index contributed by atoms with van der Waals surface area (Å²) in [7, 11) is 0. The van der Waals surface area contributed by atoms with E-state index < -0.39 is 0 Å². The van der Waals surface area contributed by atoms with Gasteiger partial charge in [0.15, 0.2) is 0 Å². The van der Waals surface area contributed by atoms with E-state index in [9.17, 15) is 4.79 Å². The monoisotopic (exact) mass is 295 g/mol. The lowest BCUT2D eigenvalue weighted by Gasteiger charge is -2.27. The van der Waals surface area contributed by atoms with Crippen molar-refractivity contribution in [1.82, 2.24) is 15.8 Å². The highest BCUT2D eigenvalue weighted by atomic mass is 16.2. The van der Waals surface area contributed by atoms with Crippen molar-refractivity contribution >= 4 is 16.8 Å². The first-order valence-electron chi connectivity index (χ1n) is 7.47. The number of fused-ring (bicyclic) bond motifs is 1. The average Bonchev–Trinajstić information content (AvgIpc) is 2.86. The van der Waals surface area contributed by atoms with Crippen molar-refractivity contribution in [2.24, 2.45) is 5.41 Å². The molecule has 114 valence electrons. The molecule has 0 unspecified atom stereocenters. The third-order valence-electron chi connectivity index (χ3n) is 3.84. The van der Waals surface area contributed by atoms with E-state index in [1.54, 1.807) is 6.20 Å². The van der Waals surface area contributed by atoms with Crippen LogP contribution in [0, 0.1) is 5.41 Å². The summed E-state index contributed by atoms with van der Waals surface area (Å²) in [4.78, 5) is 15.5. The zero-order valence-corrected chi connectivity index (χ0v) is 13.2. The number of benzene rings is 1. The van der Waals surface area contributed by atoms with Crippen molar-refractivity contribution in [1.29, 1.82) is 0 Å². The summed E-state index contributed by atoms with van der Waals surface area (Å²) < 4.78 is 0. The molecule has 1 aromatic heterocycles. The largest absolute Gasteiger partial charge is 0.360 e. The van der Waals surface area contributed by atoms with Crippen molar-refractivity contribution in [3.63, 3.8) is 0 Å². The number of nitrogens with one attached hydrogen (secondary N) is 3. The fourth-order valence-corrected chi connectivity index (χ4v) is 3.08. The Morgan fingerprint density at radius 1 is 1.27 bits per heavy atom. The minimum absolute atomic E-state index is 0.104. The van der Waals surface area contributed by atoms with Crippen LogP contribution in [0.4, 0.5) is 0 Å². The molecule has 0 saturated heterocycles. The van der Waals surface area contributed by atoms with E-state index in [2.05, 4.69) is 48.8 Å². The van der Waals surface area contributed by atoms with Crippen LogP contribution in [-0.4, -0.2) is 10.9 Å². The van der Waals surface area contributed by atoms with Crippen molar-refractivity contribution in [2.75, 3.05) is 0 Å². The van der Waals surface area contributed by atoms with E-state index in [0.717, 1.165) is 23.0 Å². The zero-order chi connectivity index (χ0) is 15.7. The fraction of sp³-hybridized carbons (Fsp3) is 0.278. The molecule has 0 spiro atoms. The quantitative estimate of drug-likeness (QED) is 0.757. The summed E-state index contributed by atoms with van der Waals surface area (Å²) >= 11 is 0. The van der Waals surface area contributed by atoms with Gasteiger partial charge in [-0.15, -0.1) is 0 Å². The van der Waals surface area contributed by atoms with E-state index >= 15 is 0 Å². The molecule has 1 amide bonds. The van der Waals surface area contributed by atoms with Crippen LogP contribution in [-0.2, 0) is 0 Å². The highest BCUT2D eigenvalue weighted by Gasteiger charge is 2.20. The molecule has 1 aromatic carbocycles. The molecular weight excluding hydrogens is 274 g/mol. The van der Waals surface area contributed by atoms with Crippen LogP contribution in [0.1, 0.15) is 37.6 Å². The number of rotatable bonds is 3. The van der Waals surface area contributed by atoms with Gasteiger partial charge in [-0.1, -0.05) is 43.7 Å². The summed E-state index contributed by atoms with van der Waals surface area (Å²) in [6.45, 7) is 6.48. The first-order valence-corrected chi connectivity index (χ1v) is 7.47. The number of aromatic amines is 1. The predicted molar refractivity (Wildman–Crippen MR) is 89.1 cm³/mol. The van der Waals surface area contributed by atoms with Crippen molar-refractivity contribution in [2.45, 2.75) is 27.2 Å². The maximum atomic E-state index is 12.4. The lowest BCUT2D eigenvalue weighted by Crippen LogP contribution is -2.37. The minimum Gasteiger partial charge on any atom is -0.360 e. The average molecular weight is 295 g/mol. The molecule has 0 aliphatic heterocycles. The third kappa shape index (κ3) is 2.91. The Morgan fingerprint density at radius 3 is 2.82 bits per heavy atom. The molecule has 2 aromatic rings. The Labute approximate surface area is 130 Å². The molecule has 22 heavy (non-hydrogen) atoms. The lowest BCUT2D eigenvalue weighted by atomic mass is 9.81.